The van der Waals surface area contributed by atoms with E-state index in [1.54, 1.807) is 12.1 Å². The predicted octanol–water partition coefficient (Wildman–Crippen LogP) is 3.52. The summed E-state index contributed by atoms with van der Waals surface area (Å²) in [6.07, 6.45) is 2.54. The molecule has 0 aliphatic carbocycles. The first-order chi connectivity index (χ1) is 10.2. The molecule has 1 fully saturated rings. The molecule has 1 aliphatic heterocycles. The van der Waals surface area contributed by atoms with Crippen LogP contribution in [0.2, 0.25) is 0 Å². The molecule has 0 spiro atoms. The fourth-order valence-corrected chi connectivity index (χ4v) is 5.19. The Morgan fingerprint density at radius 1 is 1.43 bits per heavy atom. The summed E-state index contributed by atoms with van der Waals surface area (Å²) in [6, 6.07) is 3.60. The van der Waals surface area contributed by atoms with E-state index in [2.05, 4.69) is 25.7 Å². The first-order valence-corrected chi connectivity index (χ1v) is 9.65. The Morgan fingerprint density at radius 2 is 2.19 bits per heavy atom. The lowest BCUT2D eigenvalue weighted by molar-refractivity contribution is -0.139. The van der Waals surface area contributed by atoms with Crippen molar-refractivity contribution >= 4 is 45.4 Å². The molecule has 21 heavy (non-hydrogen) atoms. The van der Waals surface area contributed by atoms with Gasteiger partial charge in [0.05, 0.1) is 24.7 Å². The highest BCUT2D eigenvalue weighted by Gasteiger charge is 2.14. The molecule has 1 aromatic heterocycles. The van der Waals surface area contributed by atoms with Gasteiger partial charge in [0.15, 0.2) is 0 Å². The summed E-state index contributed by atoms with van der Waals surface area (Å²) in [7, 11) is 1.38. The third-order valence-electron chi connectivity index (χ3n) is 2.91. The van der Waals surface area contributed by atoms with Crippen LogP contribution < -0.4 is 4.74 Å². The Kier molecular flexibility index (Phi) is 7.19. The summed E-state index contributed by atoms with van der Waals surface area (Å²) in [5, 5.41) is 0. The first kappa shape index (κ1) is 17.0. The molecular weight excluding hydrogens is 374 g/mol. The molecule has 0 saturated carbocycles. The maximum absolute atomic E-state index is 11.3. The van der Waals surface area contributed by atoms with Crippen molar-refractivity contribution in [3.63, 3.8) is 0 Å². The molecule has 0 bridgehead atoms. The molecule has 0 amide bonds. The molecular formula is C14H18BrNO3S2. The maximum Gasteiger partial charge on any atom is 0.309 e. The fraction of sp³-hybridized carbons (Fsp3) is 0.571. The normalized spacial score (nSPS) is 15.7. The molecule has 2 heterocycles. The molecule has 2 rings (SSSR count). The second kappa shape index (κ2) is 8.90. The molecule has 4 nitrogen and oxygen atoms in total. The van der Waals surface area contributed by atoms with Crippen LogP contribution >= 0.6 is 39.5 Å². The number of methoxy groups -OCH3 is 1. The molecule has 0 N–H and O–H groups in total. The summed E-state index contributed by atoms with van der Waals surface area (Å²) in [4.78, 5) is 15.6. The van der Waals surface area contributed by atoms with Crippen LogP contribution in [0.25, 0.3) is 0 Å². The van der Waals surface area contributed by atoms with Crippen LogP contribution in [0.3, 0.4) is 0 Å². The number of carbonyl (C=O) groups excluding carboxylic acids is 1. The Morgan fingerprint density at radius 3 is 2.90 bits per heavy atom. The van der Waals surface area contributed by atoms with Crippen LogP contribution in [0, 0.1) is 0 Å². The van der Waals surface area contributed by atoms with E-state index in [0.717, 1.165) is 12.0 Å². The van der Waals surface area contributed by atoms with Gasteiger partial charge in [-0.1, -0.05) is 0 Å². The Hall–Kier alpha value is -0.400. The number of aromatic nitrogens is 1. The zero-order chi connectivity index (χ0) is 15.1. The van der Waals surface area contributed by atoms with Gasteiger partial charge in [0, 0.05) is 12.5 Å². The van der Waals surface area contributed by atoms with Crippen molar-refractivity contribution in [2.24, 2.45) is 0 Å². The summed E-state index contributed by atoms with van der Waals surface area (Å²) < 4.78 is 11.7. The van der Waals surface area contributed by atoms with Crippen molar-refractivity contribution in [1.82, 2.24) is 4.98 Å². The van der Waals surface area contributed by atoms with E-state index < -0.39 is 0 Å². The summed E-state index contributed by atoms with van der Waals surface area (Å²) in [6.45, 7) is 0.645. The van der Waals surface area contributed by atoms with Crippen molar-refractivity contribution < 1.29 is 14.3 Å². The largest absolute Gasteiger partial charge is 0.478 e. The third-order valence-corrected chi connectivity index (χ3v) is 6.39. The second-order valence-electron chi connectivity index (χ2n) is 4.55. The molecule has 0 atom stereocenters. The zero-order valence-corrected chi connectivity index (χ0v) is 15.1. The van der Waals surface area contributed by atoms with Crippen LogP contribution in [0.5, 0.6) is 5.88 Å². The molecule has 0 radical (unpaired) electrons. The lowest BCUT2D eigenvalue weighted by Crippen LogP contribution is -2.12. The fourth-order valence-electron chi connectivity index (χ4n) is 1.90. The smallest absolute Gasteiger partial charge is 0.309 e. The lowest BCUT2D eigenvalue weighted by Gasteiger charge is -2.20. The minimum atomic E-state index is -0.269. The Labute approximate surface area is 141 Å². The van der Waals surface area contributed by atoms with Crippen LogP contribution in [0.1, 0.15) is 18.4 Å². The summed E-state index contributed by atoms with van der Waals surface area (Å²) >= 11 is 7.36. The number of pyridine rings is 1. The molecule has 116 valence electrons. The number of esters is 1. The lowest BCUT2D eigenvalue weighted by atomic mass is 10.2. The van der Waals surface area contributed by atoms with Crippen LogP contribution in [-0.4, -0.2) is 40.8 Å². The van der Waals surface area contributed by atoms with Gasteiger partial charge in [-0.05, 0) is 45.5 Å². The maximum atomic E-state index is 11.3. The number of hydrogen-bond donors (Lipinski definition) is 0. The van der Waals surface area contributed by atoms with Gasteiger partial charge in [0.1, 0.15) is 4.60 Å². The molecule has 0 aromatic carbocycles. The molecule has 1 saturated heterocycles. The number of carbonyl (C=O) groups is 1. The number of halogens is 1. The van der Waals surface area contributed by atoms with Gasteiger partial charge in [-0.3, -0.25) is 4.79 Å². The minimum Gasteiger partial charge on any atom is -0.478 e. The molecule has 1 aromatic rings. The van der Waals surface area contributed by atoms with Gasteiger partial charge in [-0.25, -0.2) is 4.98 Å². The van der Waals surface area contributed by atoms with Crippen molar-refractivity contribution in [2.75, 3.05) is 25.2 Å². The third kappa shape index (κ3) is 6.08. The number of ether oxygens (including phenoxy) is 2. The number of thioether (sulfide) groups is 2. The highest BCUT2D eigenvalue weighted by molar-refractivity contribution is 9.10. The average molecular weight is 392 g/mol. The van der Waals surface area contributed by atoms with Crippen molar-refractivity contribution in [2.45, 2.75) is 23.8 Å². The first-order valence-electron chi connectivity index (χ1n) is 6.76. The van der Waals surface area contributed by atoms with Crippen LogP contribution in [0.15, 0.2) is 16.7 Å². The monoisotopic (exact) mass is 391 g/mol. The van der Waals surface area contributed by atoms with Gasteiger partial charge < -0.3 is 9.47 Å². The number of nitrogens with zero attached hydrogens (tertiary/aromatic N) is 1. The van der Waals surface area contributed by atoms with Crippen LogP contribution in [-0.2, 0) is 16.0 Å². The second-order valence-corrected chi connectivity index (χ2v) is 8.28. The summed E-state index contributed by atoms with van der Waals surface area (Å²) in [5.74, 6) is 2.77. The number of rotatable bonds is 6. The molecule has 7 heteroatoms. The van der Waals surface area contributed by atoms with Gasteiger partial charge >= 0.3 is 5.97 Å². The molecule has 1 aliphatic rings. The van der Waals surface area contributed by atoms with Crippen molar-refractivity contribution in [3.8, 4) is 5.88 Å². The van der Waals surface area contributed by atoms with Crippen LogP contribution in [0.4, 0.5) is 0 Å². The SMILES string of the molecule is COC(=O)Cc1cc(Br)nc(OCCC2SCCCS2)c1. The predicted molar refractivity (Wildman–Crippen MR) is 91.1 cm³/mol. The standard InChI is InChI=1S/C14H18BrNO3S2/c1-18-13(17)9-10-7-11(15)16-12(8-10)19-4-3-14-20-5-2-6-21-14/h7-8,14H,2-6,9H2,1H3. The van der Waals surface area contributed by atoms with E-state index in [0.29, 0.717) is 21.7 Å². The van der Waals surface area contributed by atoms with Gasteiger partial charge in [0.2, 0.25) is 5.88 Å². The summed E-state index contributed by atoms with van der Waals surface area (Å²) in [5.41, 5.74) is 0.833. The Balaban J connectivity index is 1.85. The van der Waals surface area contributed by atoms with Gasteiger partial charge in [0.25, 0.3) is 0 Å². The van der Waals surface area contributed by atoms with E-state index in [4.69, 9.17) is 4.74 Å². The Bertz CT molecular complexity index is 481. The van der Waals surface area contributed by atoms with E-state index in [-0.39, 0.29) is 12.4 Å². The quantitative estimate of drug-likeness (QED) is 0.545. The van der Waals surface area contributed by atoms with E-state index in [1.165, 1.54) is 25.0 Å². The van der Waals surface area contributed by atoms with E-state index >= 15 is 0 Å². The van der Waals surface area contributed by atoms with Gasteiger partial charge in [-0.15, -0.1) is 23.5 Å². The zero-order valence-electron chi connectivity index (χ0n) is 11.8. The average Bonchev–Trinajstić information content (AvgIpc) is 2.47. The van der Waals surface area contributed by atoms with Crippen molar-refractivity contribution in [1.29, 1.82) is 0 Å². The topological polar surface area (TPSA) is 48.4 Å². The number of hydrogen-bond acceptors (Lipinski definition) is 6. The van der Waals surface area contributed by atoms with E-state index in [9.17, 15) is 4.79 Å². The van der Waals surface area contributed by atoms with E-state index in [1.807, 2.05) is 23.5 Å². The minimum absolute atomic E-state index is 0.225. The highest BCUT2D eigenvalue weighted by atomic mass is 79.9. The van der Waals surface area contributed by atoms with Gasteiger partial charge in [-0.2, -0.15) is 0 Å². The molecule has 0 unspecified atom stereocenters. The highest BCUT2D eigenvalue weighted by Crippen LogP contribution is 2.32. The van der Waals surface area contributed by atoms with Crippen molar-refractivity contribution in [3.05, 3.63) is 22.3 Å².